The van der Waals surface area contributed by atoms with Gasteiger partial charge >= 0.3 is 5.97 Å². The zero-order chi connectivity index (χ0) is 18.6. The van der Waals surface area contributed by atoms with Crippen molar-refractivity contribution in [1.29, 1.82) is 0 Å². The minimum Gasteiger partial charge on any atom is -0.449 e. The number of hydrogen-bond donors (Lipinski definition) is 1. The van der Waals surface area contributed by atoms with E-state index in [-0.39, 0.29) is 16.3 Å². The first kappa shape index (κ1) is 18.9. The van der Waals surface area contributed by atoms with Crippen LogP contribution in [0.1, 0.15) is 17.3 Å². The molecule has 9 heteroatoms. The van der Waals surface area contributed by atoms with Crippen LogP contribution >= 0.6 is 11.6 Å². The molecule has 1 N–H and O–H groups in total. The Hall–Kier alpha value is -2.45. The van der Waals surface area contributed by atoms with Gasteiger partial charge < -0.3 is 10.1 Å². The second-order valence-corrected chi connectivity index (χ2v) is 7.65. The number of sulfone groups is 1. The van der Waals surface area contributed by atoms with Gasteiger partial charge in [-0.2, -0.15) is 0 Å². The summed E-state index contributed by atoms with van der Waals surface area (Å²) in [5.74, 6) is -1.03. The van der Waals surface area contributed by atoms with Crippen molar-refractivity contribution in [3.63, 3.8) is 0 Å². The molecular weight excluding hydrogens is 368 g/mol. The molecule has 0 saturated heterocycles. The van der Waals surface area contributed by atoms with E-state index in [4.69, 9.17) is 16.3 Å². The lowest BCUT2D eigenvalue weighted by Gasteiger charge is -2.13. The highest BCUT2D eigenvalue weighted by molar-refractivity contribution is 7.90. The smallest absolute Gasteiger partial charge is 0.338 e. The molecule has 1 heterocycles. The lowest BCUT2D eigenvalue weighted by atomic mass is 10.2. The second-order valence-electron chi connectivity index (χ2n) is 5.19. The van der Waals surface area contributed by atoms with Crippen molar-refractivity contribution in [3.05, 3.63) is 53.2 Å². The number of pyridine rings is 1. The molecule has 0 fully saturated rings. The Morgan fingerprint density at radius 3 is 2.32 bits per heavy atom. The molecule has 0 bridgehead atoms. The number of halogens is 1. The average Bonchev–Trinajstić information content (AvgIpc) is 2.56. The lowest BCUT2D eigenvalue weighted by Crippen LogP contribution is -2.30. The molecule has 0 unspecified atom stereocenters. The molecule has 0 saturated carbocycles. The zero-order valence-electron chi connectivity index (χ0n) is 13.4. The van der Waals surface area contributed by atoms with Gasteiger partial charge in [0.15, 0.2) is 15.9 Å². The Balaban J connectivity index is 1.99. The highest BCUT2D eigenvalue weighted by Gasteiger charge is 2.20. The van der Waals surface area contributed by atoms with Crippen LogP contribution in [0.4, 0.5) is 5.82 Å². The summed E-state index contributed by atoms with van der Waals surface area (Å²) >= 11 is 5.70. The van der Waals surface area contributed by atoms with Crippen LogP contribution in [0.3, 0.4) is 0 Å². The first-order chi connectivity index (χ1) is 11.7. The molecular formula is C16H15ClN2O5S. The number of ether oxygens (including phenoxy) is 1. The Bertz CT molecular complexity index is 880. The number of carbonyl (C=O) groups is 2. The highest BCUT2D eigenvalue weighted by atomic mass is 35.5. The summed E-state index contributed by atoms with van der Waals surface area (Å²) in [5, 5.41) is 2.92. The average molecular weight is 383 g/mol. The van der Waals surface area contributed by atoms with Gasteiger partial charge in [-0.15, -0.1) is 0 Å². The number of hydrogen-bond acceptors (Lipinski definition) is 6. The first-order valence-corrected chi connectivity index (χ1v) is 9.37. The number of rotatable bonds is 5. The van der Waals surface area contributed by atoms with Crippen molar-refractivity contribution in [3.8, 4) is 0 Å². The fourth-order valence-electron chi connectivity index (χ4n) is 1.80. The number of anilines is 1. The molecule has 1 amide bonds. The molecule has 2 aromatic rings. The Morgan fingerprint density at radius 1 is 1.16 bits per heavy atom. The third kappa shape index (κ3) is 5.27. The number of nitrogens with one attached hydrogen (secondary N) is 1. The maximum Gasteiger partial charge on any atom is 0.338 e. The molecule has 0 aliphatic heterocycles. The predicted molar refractivity (Wildman–Crippen MR) is 92.3 cm³/mol. The van der Waals surface area contributed by atoms with Crippen LogP contribution in [-0.2, 0) is 19.4 Å². The topological polar surface area (TPSA) is 102 Å². The quantitative estimate of drug-likeness (QED) is 0.796. The number of nitrogens with zero attached hydrogens (tertiary/aromatic N) is 1. The van der Waals surface area contributed by atoms with Crippen molar-refractivity contribution >= 4 is 39.1 Å². The largest absolute Gasteiger partial charge is 0.449 e. The van der Waals surface area contributed by atoms with Gasteiger partial charge in [-0.25, -0.2) is 18.2 Å². The molecule has 0 radical (unpaired) electrons. The first-order valence-electron chi connectivity index (χ1n) is 7.10. The number of benzene rings is 1. The normalized spacial score (nSPS) is 12.3. The molecule has 25 heavy (non-hydrogen) atoms. The molecule has 1 aromatic carbocycles. The van der Waals surface area contributed by atoms with Crippen molar-refractivity contribution in [2.75, 3.05) is 11.6 Å². The van der Waals surface area contributed by atoms with Gasteiger partial charge in [0.2, 0.25) is 0 Å². The van der Waals surface area contributed by atoms with Crippen LogP contribution in [0.15, 0.2) is 47.5 Å². The summed E-state index contributed by atoms with van der Waals surface area (Å²) in [6.45, 7) is 1.41. The van der Waals surface area contributed by atoms with E-state index in [1.807, 2.05) is 0 Å². The van der Waals surface area contributed by atoms with Crippen LogP contribution in [0, 0.1) is 0 Å². The number of aromatic nitrogens is 1. The molecule has 1 aromatic heterocycles. The van der Waals surface area contributed by atoms with E-state index >= 15 is 0 Å². The van der Waals surface area contributed by atoms with E-state index in [0.29, 0.717) is 5.02 Å². The SMILES string of the molecule is C[C@@H](OC(=O)c1ccc(S(C)(=O)=O)cc1)C(=O)Nc1ccc(Cl)cn1. The van der Waals surface area contributed by atoms with Crippen LogP contribution in [0.2, 0.25) is 5.02 Å². The third-order valence-electron chi connectivity index (χ3n) is 3.15. The summed E-state index contributed by atoms with van der Waals surface area (Å²) in [7, 11) is -3.35. The van der Waals surface area contributed by atoms with E-state index in [1.165, 1.54) is 43.5 Å². The van der Waals surface area contributed by atoms with E-state index in [2.05, 4.69) is 10.3 Å². The fourth-order valence-corrected chi connectivity index (χ4v) is 2.54. The standard InChI is InChI=1S/C16H15ClN2O5S/c1-10(15(20)19-14-8-5-12(17)9-18-14)24-16(21)11-3-6-13(7-4-11)25(2,22)23/h3-10H,1-2H3,(H,18,19,20)/t10-/m1/s1. The minimum atomic E-state index is -3.35. The molecule has 1 atom stereocenters. The summed E-state index contributed by atoms with van der Waals surface area (Å²) in [6.07, 6.45) is 1.37. The van der Waals surface area contributed by atoms with Crippen molar-refractivity contribution in [2.24, 2.45) is 0 Å². The lowest BCUT2D eigenvalue weighted by molar-refractivity contribution is -0.123. The Kier molecular flexibility index (Phi) is 5.76. The van der Waals surface area contributed by atoms with Gasteiger partial charge in [-0.1, -0.05) is 11.6 Å². The number of esters is 1. The fraction of sp³-hybridized carbons (Fsp3) is 0.188. The zero-order valence-corrected chi connectivity index (χ0v) is 15.0. The minimum absolute atomic E-state index is 0.0867. The van der Waals surface area contributed by atoms with Gasteiger partial charge in [0.25, 0.3) is 5.91 Å². The summed E-state index contributed by atoms with van der Waals surface area (Å²) in [5.41, 5.74) is 0.136. The van der Waals surface area contributed by atoms with Gasteiger partial charge in [-0.05, 0) is 43.3 Å². The van der Waals surface area contributed by atoms with E-state index in [1.54, 1.807) is 6.07 Å². The number of amides is 1. The molecule has 2 rings (SSSR count). The molecule has 7 nitrogen and oxygen atoms in total. The summed E-state index contributed by atoms with van der Waals surface area (Å²) in [4.78, 5) is 28.0. The number of carbonyl (C=O) groups excluding carboxylic acids is 2. The highest BCUT2D eigenvalue weighted by Crippen LogP contribution is 2.13. The molecule has 0 aliphatic rings. The predicted octanol–water partition coefficient (Wildman–Crippen LogP) is 2.32. The van der Waals surface area contributed by atoms with Crippen LogP contribution in [0.25, 0.3) is 0 Å². The molecule has 0 aliphatic carbocycles. The summed E-state index contributed by atoms with van der Waals surface area (Å²) < 4.78 is 27.9. The van der Waals surface area contributed by atoms with Gasteiger partial charge in [0, 0.05) is 12.5 Å². The van der Waals surface area contributed by atoms with E-state index in [9.17, 15) is 18.0 Å². The van der Waals surface area contributed by atoms with E-state index in [0.717, 1.165) is 6.26 Å². The van der Waals surface area contributed by atoms with Gasteiger partial charge in [0.1, 0.15) is 5.82 Å². The van der Waals surface area contributed by atoms with Crippen LogP contribution < -0.4 is 5.32 Å². The molecule has 132 valence electrons. The van der Waals surface area contributed by atoms with Crippen molar-refractivity contribution < 1.29 is 22.7 Å². The van der Waals surface area contributed by atoms with Crippen LogP contribution in [-0.4, -0.2) is 37.6 Å². The molecule has 0 spiro atoms. The Morgan fingerprint density at radius 2 is 1.80 bits per heavy atom. The monoisotopic (exact) mass is 382 g/mol. The van der Waals surface area contributed by atoms with Crippen LogP contribution in [0.5, 0.6) is 0 Å². The Labute approximate surface area is 149 Å². The second kappa shape index (κ2) is 7.62. The maximum absolute atomic E-state index is 12.0. The van der Waals surface area contributed by atoms with Crippen molar-refractivity contribution in [1.82, 2.24) is 4.98 Å². The maximum atomic E-state index is 12.0. The third-order valence-corrected chi connectivity index (χ3v) is 4.50. The van der Waals surface area contributed by atoms with E-state index < -0.39 is 27.8 Å². The summed E-state index contributed by atoms with van der Waals surface area (Å²) in [6, 6.07) is 8.32. The van der Waals surface area contributed by atoms with Gasteiger partial charge in [-0.3, -0.25) is 4.79 Å². The van der Waals surface area contributed by atoms with Gasteiger partial charge in [0.05, 0.1) is 15.5 Å². The van der Waals surface area contributed by atoms with Crippen molar-refractivity contribution in [2.45, 2.75) is 17.9 Å².